The lowest BCUT2D eigenvalue weighted by atomic mass is 9.93. The van der Waals surface area contributed by atoms with Gasteiger partial charge >= 0.3 is 36.2 Å². The maximum Gasteiger partial charge on any atom is 0.322 e. The van der Waals surface area contributed by atoms with Crippen LogP contribution in [0, 0.1) is 0 Å². The second kappa shape index (κ2) is 46.1. The van der Waals surface area contributed by atoms with Gasteiger partial charge in [0.05, 0.1) is 86.5 Å². The predicted molar refractivity (Wildman–Crippen MR) is 540 cm³/mol. The van der Waals surface area contributed by atoms with Crippen LogP contribution in [0.3, 0.4) is 0 Å². The summed E-state index contributed by atoms with van der Waals surface area (Å²) < 4.78 is 18.2. The van der Waals surface area contributed by atoms with Crippen molar-refractivity contribution in [1.82, 2.24) is 90.6 Å². The van der Waals surface area contributed by atoms with Crippen LogP contribution in [0.1, 0.15) is 179 Å². The van der Waals surface area contributed by atoms with Crippen molar-refractivity contribution < 1.29 is 37.9 Å². The van der Waals surface area contributed by atoms with E-state index in [4.69, 9.17) is 74.3 Å². The van der Waals surface area contributed by atoms with Gasteiger partial charge in [-0.3, -0.25) is 35.4 Å². The Kier molecular flexibility index (Phi) is 32.3. The topological polar surface area (TPSA) is 395 Å². The van der Waals surface area contributed by atoms with Crippen LogP contribution >= 0.6 is 69.6 Å². The number of anilines is 6. The van der Waals surface area contributed by atoms with Gasteiger partial charge in [-0.25, -0.2) is 33.2 Å². The molecule has 0 bridgehead atoms. The number of halogens is 7. The van der Waals surface area contributed by atoms with Crippen molar-refractivity contribution in [2.45, 2.75) is 167 Å². The second-order valence-electron chi connectivity index (χ2n) is 35.3. The molecule has 139 heavy (non-hydrogen) atoms. The first-order valence-corrected chi connectivity index (χ1v) is 49.1. The highest BCUT2D eigenvalue weighted by Gasteiger charge is 2.35. The van der Waals surface area contributed by atoms with Gasteiger partial charge in [0.25, 0.3) is 5.56 Å². The number of aromatic amines is 7. The molecule has 22 rings (SSSR count). The lowest BCUT2D eigenvalue weighted by Crippen LogP contribution is -2.40. The van der Waals surface area contributed by atoms with Crippen molar-refractivity contribution in [3.05, 3.63) is 300 Å². The summed E-state index contributed by atoms with van der Waals surface area (Å²) in [5, 5.41) is 63.7. The van der Waals surface area contributed by atoms with Gasteiger partial charge in [-0.15, -0.1) is 0 Å². The first kappa shape index (κ1) is 97.5. The van der Waals surface area contributed by atoms with E-state index in [1.807, 2.05) is 68.1 Å². The number of hydrogen-bond acceptors (Lipinski definition) is 13. The Bertz CT molecular complexity index is 6460. The number of urea groups is 6. The standard InChI is InChI=1S/C19H21ClN4O.C18H19ClN4O2.C18H21ClN4O.C18H19ClN4O.C14H14ClFN4O.C13H13ClN4O2/c20-14-7-4-8-15(11-14)21-19(25)24-10-9-17-16(12-24)18(23-22-17)13-5-2-1-3-6-13;19-13-2-1-3-14(10-13)20-18(24)23-7-4-16-15(11-23)17(22-21-16)12-5-8-25-9-6-12;2*19-13-6-3-7-14(10-13)20-18(24)23-9-8-16-15(11-23)17(22-21-16)12-4-1-2-5-12;15-9-2-1-3-10(6-9)17-14(21)20-5-4-12-11(8-20)13(7-16)19-18-12;14-8-2-1-3-9(6-8)15-13(20)18-5-4-11-10(7-18)12(19)17-16-11/h4-5,7-8,11H,1-3,6,9-10,12H2,(H,21,25)(H,22,23);1-3,5,10H,4,6-9,11H2,(H,20,24)(H,21,22);3,6-7,10,12H,1-2,4-5,8-9,11H2,(H,20,24)(H,21,22);3-4,6-7,10H,1-2,5,8-9,11H2,(H,20,24)(H,21,22);1-3,6H,4-5,7-8H2,(H,17,21)(H,18,19);1-3,6H,4-5,7H2,(H,15,20)(H2,16,17,19). The smallest absolute Gasteiger partial charge is 0.322 e. The van der Waals surface area contributed by atoms with E-state index >= 15 is 0 Å². The molecule has 3 aliphatic carbocycles. The molecule has 1 fully saturated rings. The molecule has 13 N–H and O–H groups in total. The van der Waals surface area contributed by atoms with E-state index in [0.717, 1.165) is 126 Å². The first-order valence-electron chi connectivity index (χ1n) is 46.8. The minimum absolute atomic E-state index is 0.0820. The molecule has 724 valence electrons. The molecular weight excluding hydrogens is 1900 g/mol. The van der Waals surface area contributed by atoms with Gasteiger partial charge in [0.2, 0.25) is 0 Å². The summed E-state index contributed by atoms with van der Waals surface area (Å²) in [7, 11) is 0. The first-order chi connectivity index (χ1) is 67.6. The number of aromatic nitrogens is 12. The van der Waals surface area contributed by atoms with Crippen molar-refractivity contribution in [3.8, 4) is 0 Å². The molecule has 13 heterocycles. The number of H-pyrrole nitrogens is 7. The minimum Gasteiger partial charge on any atom is -0.377 e. The number of carbonyl (C=O) groups is 6. The van der Waals surface area contributed by atoms with E-state index < -0.39 is 6.67 Å². The number of carbonyl (C=O) groups excluding carboxylic acids is 6. The molecule has 0 radical (unpaired) electrons. The highest BCUT2D eigenvalue weighted by Crippen LogP contribution is 2.40. The van der Waals surface area contributed by atoms with Crippen LogP contribution in [-0.2, 0) is 89.2 Å². The average molecular weight is 2000 g/mol. The molecule has 0 atom stereocenters. The second-order valence-corrected chi connectivity index (χ2v) is 37.9. The highest BCUT2D eigenvalue weighted by molar-refractivity contribution is 6.32. The molecule has 39 heteroatoms. The Hall–Kier alpha value is -13.2. The van der Waals surface area contributed by atoms with E-state index in [-0.39, 0.29) is 41.7 Å². The number of nitrogens with zero attached hydrogens (tertiary/aromatic N) is 11. The number of nitrogens with one attached hydrogen (secondary N) is 13. The summed E-state index contributed by atoms with van der Waals surface area (Å²) in [5.41, 5.74) is 24.9. The third-order valence-electron chi connectivity index (χ3n) is 26.0. The Morgan fingerprint density at radius 2 is 0.662 bits per heavy atom. The van der Waals surface area contributed by atoms with E-state index in [1.54, 1.807) is 107 Å². The molecule has 0 spiro atoms. The number of hydrogen-bond donors (Lipinski definition) is 13. The van der Waals surface area contributed by atoms with Gasteiger partial charge in [0, 0.05) is 210 Å². The van der Waals surface area contributed by atoms with Crippen LogP contribution in [0.4, 0.5) is 67.3 Å². The molecule has 7 aliphatic heterocycles. The van der Waals surface area contributed by atoms with Crippen LogP contribution in [0.15, 0.2) is 169 Å². The quantitative estimate of drug-likeness (QED) is 0.0573. The molecule has 32 nitrogen and oxygen atoms in total. The fraction of sp³-hybridized carbons (Fsp3) is 0.340. The van der Waals surface area contributed by atoms with Gasteiger partial charge in [0.1, 0.15) is 6.67 Å². The normalized spacial score (nSPS) is 16.2. The van der Waals surface area contributed by atoms with Gasteiger partial charge in [0.15, 0.2) is 0 Å². The molecule has 0 unspecified atom stereocenters. The Balaban J connectivity index is 0.000000115. The van der Waals surface area contributed by atoms with Gasteiger partial charge < -0.3 is 71.1 Å². The van der Waals surface area contributed by atoms with Gasteiger partial charge in [-0.05, 0) is 190 Å². The molecule has 6 aromatic heterocycles. The van der Waals surface area contributed by atoms with Crippen molar-refractivity contribution >= 4 is 157 Å². The molecular formula is C100H107Cl6FN24O8. The Morgan fingerprint density at radius 1 is 0.345 bits per heavy atom. The summed E-state index contributed by atoms with van der Waals surface area (Å²) in [6, 6.07) is 41.9. The molecule has 0 saturated heterocycles. The van der Waals surface area contributed by atoms with E-state index in [2.05, 4.69) is 111 Å². The van der Waals surface area contributed by atoms with Crippen molar-refractivity contribution in [1.29, 1.82) is 0 Å². The summed E-state index contributed by atoms with van der Waals surface area (Å²) in [6.45, 7) is 7.57. The SMILES string of the molecule is O=C(Nc1cccc(Cl)c1)N1CCc2[nH][nH]c(=O)c2C1.O=C(Nc1cccc(Cl)c1)N1CCc2[nH]nc(C3=CCCC3)c2C1.O=C(Nc1cccc(Cl)c1)N1CCc2[nH]nc(C3=CCCCC3)c2C1.O=C(Nc1cccc(Cl)c1)N1CCc2[nH]nc(C3=CCOCC3)c2C1.O=C(Nc1cccc(Cl)c1)N1CCc2[nH]nc(C3CCCC3)c2C1.O=C(Nc1cccc(Cl)c1)N1CCc2[nH]nc(CF)c2C1. The fourth-order valence-electron chi connectivity index (χ4n) is 18.7. The van der Waals surface area contributed by atoms with Crippen LogP contribution in [-0.4, -0.2) is 179 Å². The van der Waals surface area contributed by atoms with Crippen LogP contribution < -0.4 is 37.5 Å². The third-order valence-corrected chi connectivity index (χ3v) is 27.4. The monoisotopic (exact) mass is 2000 g/mol. The molecule has 6 aromatic carbocycles. The number of rotatable bonds is 11. The number of allylic oxidation sites excluding steroid dienone is 4. The summed E-state index contributed by atoms with van der Waals surface area (Å²) in [4.78, 5) is 97.0. The lowest BCUT2D eigenvalue weighted by Gasteiger charge is -2.28. The lowest BCUT2D eigenvalue weighted by molar-refractivity contribution is 0.161. The van der Waals surface area contributed by atoms with Crippen molar-refractivity contribution in [2.24, 2.45) is 0 Å². The van der Waals surface area contributed by atoms with E-state index in [9.17, 15) is 38.0 Å². The summed E-state index contributed by atoms with van der Waals surface area (Å²) >= 11 is 35.7. The zero-order valence-corrected chi connectivity index (χ0v) is 80.9. The van der Waals surface area contributed by atoms with Crippen molar-refractivity contribution in [2.75, 3.05) is 84.4 Å². The largest absolute Gasteiger partial charge is 0.377 e. The van der Waals surface area contributed by atoms with E-state index in [1.165, 1.54) is 84.2 Å². The van der Waals surface area contributed by atoms with Crippen LogP contribution in [0.25, 0.3) is 16.7 Å². The number of benzene rings is 6. The summed E-state index contributed by atoms with van der Waals surface area (Å²) in [5.74, 6) is 0.556. The Morgan fingerprint density at radius 3 is 1.01 bits per heavy atom. The third kappa shape index (κ3) is 24.9. The predicted octanol–water partition coefficient (Wildman–Crippen LogP) is 21.7. The molecule has 12 amide bonds. The zero-order chi connectivity index (χ0) is 96.4. The summed E-state index contributed by atoms with van der Waals surface area (Å²) in [6.07, 6.45) is 25.0. The highest BCUT2D eigenvalue weighted by atomic mass is 35.5. The zero-order valence-electron chi connectivity index (χ0n) is 76.3. The van der Waals surface area contributed by atoms with Crippen molar-refractivity contribution in [3.63, 3.8) is 0 Å². The van der Waals surface area contributed by atoms with Crippen LogP contribution in [0.5, 0.6) is 0 Å². The average Bonchev–Trinajstić information content (AvgIpc) is 1.69. The van der Waals surface area contributed by atoms with E-state index in [0.29, 0.717) is 180 Å². The number of alkyl halides is 1. The van der Waals surface area contributed by atoms with Gasteiger partial charge in [-0.1, -0.05) is 137 Å². The number of ether oxygens (including phenoxy) is 1. The maximum absolute atomic E-state index is 12.8. The van der Waals surface area contributed by atoms with Crippen LogP contribution in [0.2, 0.25) is 30.1 Å². The molecule has 12 aromatic rings. The number of fused-ring (bicyclic) bond motifs is 6. The number of amides is 12. The fourth-order valence-corrected chi connectivity index (χ4v) is 19.8. The maximum atomic E-state index is 12.8. The Labute approximate surface area is 831 Å². The molecule has 10 aliphatic rings. The minimum atomic E-state index is -0.629. The molecule has 1 saturated carbocycles. The van der Waals surface area contributed by atoms with Gasteiger partial charge in [-0.2, -0.15) is 25.5 Å².